The van der Waals surface area contributed by atoms with Crippen LogP contribution >= 0.6 is 0 Å². The molecule has 0 aromatic rings. The van der Waals surface area contributed by atoms with Crippen molar-refractivity contribution in [2.24, 2.45) is 0 Å². The predicted molar refractivity (Wildman–Crippen MR) is 42.5 cm³/mol. The Morgan fingerprint density at radius 3 is 2.55 bits per heavy atom. The van der Waals surface area contributed by atoms with E-state index in [1.807, 2.05) is 0 Å². The summed E-state index contributed by atoms with van der Waals surface area (Å²) in [6.45, 7) is 5.66. The first-order chi connectivity index (χ1) is 4.75. The van der Waals surface area contributed by atoms with Crippen LogP contribution in [0.2, 0.25) is 0 Å². The smallest absolute Gasteiger partial charge is 0.164 e. The van der Waals surface area contributed by atoms with E-state index in [9.17, 15) is 0 Å². The highest BCUT2D eigenvalue weighted by atomic mass is 35.5. The fourth-order valence-corrected chi connectivity index (χ4v) is 1.27. The molecular weight excluding hydrogens is 160 g/mol. The summed E-state index contributed by atoms with van der Waals surface area (Å²) in [7, 11) is 2.19. The molecule has 0 aromatic heterocycles. The zero-order valence-corrected chi connectivity index (χ0v) is 8.23. The molecule has 3 heteroatoms. The van der Waals surface area contributed by atoms with Gasteiger partial charge in [0.2, 0.25) is 0 Å². The molecule has 1 N–H and O–H groups in total. The highest BCUT2D eigenvalue weighted by molar-refractivity contribution is 4.81. The van der Waals surface area contributed by atoms with Crippen molar-refractivity contribution in [2.75, 3.05) is 13.6 Å². The number of hydrogen-bond acceptors (Lipinski definition) is 1. The second-order valence-corrected chi connectivity index (χ2v) is 2.97. The van der Waals surface area contributed by atoms with Crippen LogP contribution < -0.4 is 17.3 Å². The Balaban J connectivity index is 0.000001000. The van der Waals surface area contributed by atoms with Gasteiger partial charge >= 0.3 is 0 Å². The van der Waals surface area contributed by atoms with Crippen LogP contribution in [-0.2, 0) is 0 Å². The summed E-state index contributed by atoms with van der Waals surface area (Å²) in [5.74, 6) is 0. The molecule has 0 aromatic carbocycles. The van der Waals surface area contributed by atoms with Gasteiger partial charge in [-0.2, -0.15) is 0 Å². The van der Waals surface area contributed by atoms with Gasteiger partial charge < -0.3 is 17.3 Å². The van der Waals surface area contributed by atoms with Gasteiger partial charge in [0.1, 0.15) is 6.20 Å². The van der Waals surface area contributed by atoms with Gasteiger partial charge in [-0.15, -0.1) is 0 Å². The van der Waals surface area contributed by atoms with Crippen molar-refractivity contribution in [3.8, 4) is 0 Å². The third-order valence-corrected chi connectivity index (χ3v) is 2.17. The van der Waals surface area contributed by atoms with Gasteiger partial charge in [-0.25, -0.2) is 0 Å². The fourth-order valence-electron chi connectivity index (χ4n) is 1.27. The highest BCUT2D eigenvalue weighted by Crippen LogP contribution is 1.98. The number of nitrogens with one attached hydrogen (secondary N) is 1. The van der Waals surface area contributed by atoms with Crippen LogP contribution in [0, 0.1) is 0 Å². The highest BCUT2D eigenvalue weighted by Gasteiger charge is 2.21. The average Bonchev–Trinajstić information content (AvgIpc) is 2.20. The maximum atomic E-state index is 2.38. The van der Waals surface area contributed by atoms with E-state index >= 15 is 0 Å². The third-order valence-electron chi connectivity index (χ3n) is 2.17. The molecule has 0 radical (unpaired) electrons. The second kappa shape index (κ2) is 4.62. The molecule has 1 aliphatic rings. The summed E-state index contributed by atoms with van der Waals surface area (Å²) in [6.07, 6.45) is 6.28. The molecule has 11 heavy (non-hydrogen) atoms. The largest absolute Gasteiger partial charge is 1.00 e. The molecule has 66 valence electrons. The van der Waals surface area contributed by atoms with E-state index in [0.29, 0.717) is 6.17 Å². The Labute approximate surface area is 75.3 Å². The van der Waals surface area contributed by atoms with E-state index in [2.05, 4.69) is 38.2 Å². The monoisotopic (exact) mass is 176 g/mol. The number of quaternary nitrogens is 1. The molecule has 1 rings (SSSR count). The molecule has 2 unspecified atom stereocenters. The molecule has 0 saturated carbocycles. The van der Waals surface area contributed by atoms with Gasteiger partial charge in [0, 0.05) is 13.5 Å². The first-order valence-electron chi connectivity index (χ1n) is 4.03. The molecule has 2 nitrogen and oxygen atoms in total. The minimum absolute atomic E-state index is 0. The Bertz CT molecular complexity index is 136. The van der Waals surface area contributed by atoms with E-state index < -0.39 is 0 Å². The van der Waals surface area contributed by atoms with Gasteiger partial charge in [0.25, 0.3) is 0 Å². The predicted octanol–water partition coefficient (Wildman–Crippen LogP) is -2.95. The van der Waals surface area contributed by atoms with E-state index in [0.717, 1.165) is 0 Å². The van der Waals surface area contributed by atoms with Crippen LogP contribution in [0.4, 0.5) is 0 Å². The molecule has 1 heterocycles. The van der Waals surface area contributed by atoms with Crippen molar-refractivity contribution in [2.45, 2.75) is 26.4 Å². The zero-order chi connectivity index (χ0) is 7.56. The van der Waals surface area contributed by atoms with Crippen molar-refractivity contribution in [3.63, 3.8) is 0 Å². The molecule has 0 spiro atoms. The number of hydrogen-bond donors (Lipinski definition) is 1. The molecular formula is C8H17ClN2. The number of rotatable bonds is 2. The fraction of sp³-hybridized carbons (Fsp3) is 0.750. The first-order valence-corrected chi connectivity index (χ1v) is 4.03. The van der Waals surface area contributed by atoms with Crippen molar-refractivity contribution >= 4 is 0 Å². The van der Waals surface area contributed by atoms with E-state index in [1.54, 1.807) is 0 Å². The second-order valence-electron chi connectivity index (χ2n) is 2.97. The summed E-state index contributed by atoms with van der Waals surface area (Å²) in [5.41, 5.74) is 0. The summed E-state index contributed by atoms with van der Waals surface area (Å²) >= 11 is 0. The van der Waals surface area contributed by atoms with E-state index in [1.165, 1.54) is 17.9 Å². The van der Waals surface area contributed by atoms with Crippen LogP contribution in [0.25, 0.3) is 0 Å². The maximum absolute atomic E-state index is 2.38. The molecule has 1 aliphatic heterocycles. The Morgan fingerprint density at radius 2 is 2.18 bits per heavy atom. The van der Waals surface area contributed by atoms with Gasteiger partial charge in [0.05, 0.1) is 13.2 Å². The summed E-state index contributed by atoms with van der Waals surface area (Å²) in [4.78, 5) is 3.86. The Hall–Kier alpha value is -0.210. The van der Waals surface area contributed by atoms with Gasteiger partial charge in [0.15, 0.2) is 6.17 Å². The minimum atomic E-state index is 0. The number of halogens is 1. The standard InChI is InChI=1S/C8H16N2.ClH/c1-4-5-10-7-6-9(3)8(10)2;/h6-8H,4-5H2,1-3H3;1H. The van der Waals surface area contributed by atoms with E-state index in [-0.39, 0.29) is 12.4 Å². The zero-order valence-electron chi connectivity index (χ0n) is 7.47. The molecule has 0 saturated heterocycles. The summed E-state index contributed by atoms with van der Waals surface area (Å²) in [5, 5.41) is 0. The molecule has 0 amide bonds. The Kier molecular flexibility index (Phi) is 4.54. The lowest BCUT2D eigenvalue weighted by Gasteiger charge is -2.21. The minimum Gasteiger partial charge on any atom is -1.00 e. The van der Waals surface area contributed by atoms with E-state index in [4.69, 9.17) is 0 Å². The van der Waals surface area contributed by atoms with Gasteiger partial charge in [-0.1, -0.05) is 6.92 Å². The Morgan fingerprint density at radius 1 is 1.55 bits per heavy atom. The normalized spacial score (nSPS) is 28.8. The lowest BCUT2D eigenvalue weighted by Crippen LogP contribution is -3.08. The van der Waals surface area contributed by atoms with Crippen molar-refractivity contribution < 1.29 is 17.3 Å². The summed E-state index contributed by atoms with van der Waals surface area (Å²) < 4.78 is 0. The molecule has 0 fully saturated rings. The molecule has 2 atom stereocenters. The lowest BCUT2D eigenvalue weighted by atomic mass is 10.4. The van der Waals surface area contributed by atoms with Crippen molar-refractivity contribution in [3.05, 3.63) is 12.4 Å². The van der Waals surface area contributed by atoms with Gasteiger partial charge in [-0.05, 0) is 6.42 Å². The quantitative estimate of drug-likeness (QED) is 0.473. The molecule has 0 aliphatic carbocycles. The van der Waals surface area contributed by atoms with Crippen molar-refractivity contribution in [1.29, 1.82) is 0 Å². The SMILES string of the molecule is CCCN1C=C[NH+](C)C1C.[Cl-]. The van der Waals surface area contributed by atoms with Crippen molar-refractivity contribution in [1.82, 2.24) is 4.90 Å². The maximum Gasteiger partial charge on any atom is 0.164 e. The number of nitrogens with zero attached hydrogens (tertiary/aromatic N) is 1. The van der Waals surface area contributed by atoms with Crippen LogP contribution in [0.5, 0.6) is 0 Å². The van der Waals surface area contributed by atoms with Crippen LogP contribution in [0.3, 0.4) is 0 Å². The summed E-state index contributed by atoms with van der Waals surface area (Å²) in [6, 6.07) is 0. The average molecular weight is 177 g/mol. The van der Waals surface area contributed by atoms with Crippen LogP contribution in [0.1, 0.15) is 20.3 Å². The topological polar surface area (TPSA) is 7.68 Å². The first kappa shape index (κ1) is 10.8. The lowest BCUT2D eigenvalue weighted by molar-refractivity contribution is -0.854. The van der Waals surface area contributed by atoms with Crippen LogP contribution in [-0.4, -0.2) is 24.7 Å². The third kappa shape index (κ3) is 2.38. The van der Waals surface area contributed by atoms with Gasteiger partial charge in [-0.3, -0.25) is 4.90 Å². The molecule has 0 bridgehead atoms. The van der Waals surface area contributed by atoms with Crippen LogP contribution in [0.15, 0.2) is 12.4 Å².